The highest BCUT2D eigenvalue weighted by molar-refractivity contribution is 5.84. The van der Waals surface area contributed by atoms with Gasteiger partial charge in [-0.15, -0.1) is 0 Å². The fourth-order valence-electron chi connectivity index (χ4n) is 2.96. The minimum atomic E-state index is -0.492. The van der Waals surface area contributed by atoms with Gasteiger partial charge in [0.05, 0.1) is 0 Å². The van der Waals surface area contributed by atoms with Crippen LogP contribution in [0.3, 0.4) is 0 Å². The van der Waals surface area contributed by atoms with Crippen LogP contribution in [-0.4, -0.2) is 54.4 Å². The molecule has 2 aromatic carbocycles. The molecule has 5 nitrogen and oxygen atoms in total. The zero-order chi connectivity index (χ0) is 16.9. The Kier molecular flexibility index (Phi) is 4.99. The third-order valence-electron chi connectivity index (χ3n) is 4.42. The Hall–Kier alpha value is -2.56. The van der Waals surface area contributed by atoms with Crippen molar-refractivity contribution in [3.63, 3.8) is 0 Å². The average molecular weight is 326 g/mol. The Morgan fingerprint density at radius 1 is 1.12 bits per heavy atom. The number of nitrogens with zero attached hydrogens (tertiary/aromatic N) is 2. The van der Waals surface area contributed by atoms with Gasteiger partial charge in [-0.05, 0) is 29.3 Å². The van der Waals surface area contributed by atoms with Crippen molar-refractivity contribution in [2.75, 3.05) is 26.2 Å². The molecule has 2 aromatic rings. The molecule has 5 heteroatoms. The Morgan fingerprint density at radius 2 is 1.83 bits per heavy atom. The first-order chi connectivity index (χ1) is 11.7. The van der Waals surface area contributed by atoms with Gasteiger partial charge < -0.3 is 14.5 Å². The second kappa shape index (κ2) is 7.34. The number of fused-ring (bicyclic) bond motifs is 1. The lowest BCUT2D eigenvalue weighted by Crippen LogP contribution is -2.51. The number of carbonyl (C=O) groups is 2. The quantitative estimate of drug-likeness (QED) is 0.792. The molecule has 0 N–H and O–H groups in total. The van der Waals surface area contributed by atoms with Gasteiger partial charge in [0.25, 0.3) is 5.91 Å². The number of rotatable bonds is 5. The van der Waals surface area contributed by atoms with Gasteiger partial charge in [0, 0.05) is 26.2 Å². The molecule has 1 saturated heterocycles. The predicted molar refractivity (Wildman–Crippen MR) is 92.9 cm³/mol. The van der Waals surface area contributed by atoms with Crippen LogP contribution < -0.4 is 4.74 Å². The second-order valence-electron chi connectivity index (χ2n) is 5.99. The van der Waals surface area contributed by atoms with Crippen LogP contribution in [0, 0.1) is 0 Å². The van der Waals surface area contributed by atoms with Crippen molar-refractivity contribution < 1.29 is 14.3 Å². The van der Waals surface area contributed by atoms with Gasteiger partial charge in [0.15, 0.2) is 6.10 Å². The summed E-state index contributed by atoms with van der Waals surface area (Å²) in [5.41, 5.74) is 0. The van der Waals surface area contributed by atoms with E-state index in [0.717, 1.165) is 17.2 Å². The number of hydrogen-bond donors (Lipinski definition) is 0. The first-order valence-corrected chi connectivity index (χ1v) is 8.35. The minimum absolute atomic E-state index is 0.00351. The molecule has 0 unspecified atom stereocenters. The van der Waals surface area contributed by atoms with E-state index >= 15 is 0 Å². The molecule has 0 radical (unpaired) electrons. The molecule has 0 aromatic heterocycles. The highest BCUT2D eigenvalue weighted by Gasteiger charge is 2.27. The molecule has 1 aliphatic heterocycles. The summed E-state index contributed by atoms with van der Waals surface area (Å²) in [6.45, 7) is 4.25. The topological polar surface area (TPSA) is 49.9 Å². The number of hydrogen-bond acceptors (Lipinski definition) is 3. The highest BCUT2D eigenvalue weighted by atomic mass is 16.5. The van der Waals surface area contributed by atoms with Gasteiger partial charge in [-0.25, -0.2) is 0 Å². The molecule has 0 aliphatic carbocycles. The van der Waals surface area contributed by atoms with Gasteiger partial charge in [0.2, 0.25) is 6.41 Å². The lowest BCUT2D eigenvalue weighted by atomic mass is 10.1. The molecule has 2 amide bonds. The van der Waals surface area contributed by atoms with E-state index in [1.54, 1.807) is 9.80 Å². The van der Waals surface area contributed by atoms with Crippen molar-refractivity contribution >= 4 is 23.1 Å². The smallest absolute Gasteiger partial charge is 0.263 e. The van der Waals surface area contributed by atoms with Crippen LogP contribution in [0.4, 0.5) is 0 Å². The normalized spacial score (nSPS) is 16.0. The molecule has 1 fully saturated rings. The van der Waals surface area contributed by atoms with Crippen LogP contribution in [0.2, 0.25) is 0 Å². The van der Waals surface area contributed by atoms with Crippen molar-refractivity contribution in [2.24, 2.45) is 0 Å². The number of piperazine rings is 1. The van der Waals surface area contributed by atoms with E-state index in [1.807, 2.05) is 49.4 Å². The monoisotopic (exact) mass is 326 g/mol. The standard InChI is InChI=1S/C19H22N2O3/c1-2-18(19(23)21-11-9-20(14-22)10-12-21)24-17-8-7-15-5-3-4-6-16(15)13-17/h3-8,13-14,18H,2,9-12H2,1H3/t18-/m0/s1. The summed E-state index contributed by atoms with van der Waals surface area (Å²) < 4.78 is 5.97. The largest absolute Gasteiger partial charge is 0.481 e. The third-order valence-corrected chi connectivity index (χ3v) is 4.42. The molecule has 24 heavy (non-hydrogen) atoms. The summed E-state index contributed by atoms with van der Waals surface area (Å²) in [7, 11) is 0. The summed E-state index contributed by atoms with van der Waals surface area (Å²) in [5.74, 6) is 0.705. The number of amides is 2. The van der Waals surface area contributed by atoms with Crippen LogP contribution in [0.25, 0.3) is 10.8 Å². The maximum atomic E-state index is 12.7. The van der Waals surface area contributed by atoms with E-state index in [1.165, 1.54) is 0 Å². The molecule has 1 atom stereocenters. The van der Waals surface area contributed by atoms with Crippen LogP contribution in [0.5, 0.6) is 5.75 Å². The lowest BCUT2D eigenvalue weighted by Gasteiger charge is -2.34. The Balaban J connectivity index is 1.69. The third kappa shape index (κ3) is 3.50. The molecule has 126 valence electrons. The highest BCUT2D eigenvalue weighted by Crippen LogP contribution is 2.22. The number of ether oxygens (including phenoxy) is 1. The van der Waals surface area contributed by atoms with Crippen LogP contribution in [0.15, 0.2) is 42.5 Å². The Bertz CT molecular complexity index is 723. The van der Waals surface area contributed by atoms with E-state index in [-0.39, 0.29) is 5.91 Å². The molecule has 1 heterocycles. The van der Waals surface area contributed by atoms with Crippen molar-refractivity contribution in [1.29, 1.82) is 0 Å². The van der Waals surface area contributed by atoms with E-state index < -0.39 is 6.10 Å². The summed E-state index contributed by atoms with van der Waals surface area (Å²) in [5, 5.41) is 2.24. The van der Waals surface area contributed by atoms with Crippen molar-refractivity contribution in [3.8, 4) is 5.75 Å². The molecular formula is C19H22N2O3. The maximum Gasteiger partial charge on any atom is 0.263 e. The van der Waals surface area contributed by atoms with E-state index in [9.17, 15) is 9.59 Å². The summed E-state index contributed by atoms with van der Waals surface area (Å²) in [6.07, 6.45) is 0.957. The fourth-order valence-corrected chi connectivity index (χ4v) is 2.96. The Labute approximate surface area is 141 Å². The predicted octanol–water partition coefficient (Wildman–Crippen LogP) is 2.30. The average Bonchev–Trinajstić information content (AvgIpc) is 2.65. The minimum Gasteiger partial charge on any atom is -0.481 e. The SMILES string of the molecule is CC[C@H](Oc1ccc2ccccc2c1)C(=O)N1CCN(C=O)CC1. The van der Waals surface area contributed by atoms with E-state index in [4.69, 9.17) is 4.74 Å². The van der Waals surface area contributed by atoms with Crippen molar-refractivity contribution in [3.05, 3.63) is 42.5 Å². The maximum absolute atomic E-state index is 12.7. The molecule has 0 spiro atoms. The first-order valence-electron chi connectivity index (χ1n) is 8.35. The van der Waals surface area contributed by atoms with Crippen molar-refractivity contribution in [2.45, 2.75) is 19.4 Å². The van der Waals surface area contributed by atoms with Gasteiger partial charge in [-0.2, -0.15) is 0 Å². The summed E-state index contributed by atoms with van der Waals surface area (Å²) in [4.78, 5) is 26.9. The molecular weight excluding hydrogens is 304 g/mol. The number of benzene rings is 2. The van der Waals surface area contributed by atoms with Gasteiger partial charge >= 0.3 is 0 Å². The van der Waals surface area contributed by atoms with Crippen LogP contribution >= 0.6 is 0 Å². The lowest BCUT2D eigenvalue weighted by molar-refractivity contribution is -0.142. The fraction of sp³-hybridized carbons (Fsp3) is 0.368. The van der Waals surface area contributed by atoms with Crippen LogP contribution in [0.1, 0.15) is 13.3 Å². The van der Waals surface area contributed by atoms with Crippen LogP contribution in [-0.2, 0) is 9.59 Å². The molecule has 3 rings (SSSR count). The zero-order valence-electron chi connectivity index (χ0n) is 13.9. The molecule has 1 aliphatic rings. The number of carbonyl (C=O) groups excluding carboxylic acids is 2. The van der Waals surface area contributed by atoms with E-state index in [0.29, 0.717) is 38.3 Å². The first kappa shape index (κ1) is 16.3. The molecule has 0 saturated carbocycles. The second-order valence-corrected chi connectivity index (χ2v) is 5.99. The zero-order valence-corrected chi connectivity index (χ0v) is 13.9. The van der Waals surface area contributed by atoms with E-state index in [2.05, 4.69) is 0 Å². The van der Waals surface area contributed by atoms with Gasteiger partial charge in [-0.3, -0.25) is 9.59 Å². The van der Waals surface area contributed by atoms with Crippen molar-refractivity contribution in [1.82, 2.24) is 9.80 Å². The summed E-state index contributed by atoms with van der Waals surface area (Å²) in [6, 6.07) is 13.9. The molecule has 0 bridgehead atoms. The summed E-state index contributed by atoms with van der Waals surface area (Å²) >= 11 is 0. The van der Waals surface area contributed by atoms with Gasteiger partial charge in [0.1, 0.15) is 5.75 Å². The van der Waals surface area contributed by atoms with Gasteiger partial charge in [-0.1, -0.05) is 37.3 Å². The Morgan fingerprint density at radius 3 is 2.50 bits per heavy atom.